The van der Waals surface area contributed by atoms with Gasteiger partial charge in [0, 0.05) is 35.8 Å². The fraction of sp³-hybridized carbons (Fsp3) is 0.300. The molecule has 0 aliphatic carbocycles. The van der Waals surface area contributed by atoms with Crippen molar-refractivity contribution >= 4 is 28.7 Å². The SMILES string of the molecule is O=C(Nc1ccc(C(F)(F)F)cc1)Nc1cccc(-c2sc(CCCN3CCCCC3)nc2-c2ccncc2)c1. The average Bonchev–Trinajstić information content (AvgIpc) is 3.38. The first-order valence-corrected chi connectivity index (χ1v) is 14.1. The molecule has 0 spiro atoms. The summed E-state index contributed by atoms with van der Waals surface area (Å²) in [6.45, 7) is 3.43. The van der Waals surface area contributed by atoms with E-state index in [2.05, 4.69) is 20.5 Å². The largest absolute Gasteiger partial charge is 0.416 e. The van der Waals surface area contributed by atoms with Crippen molar-refractivity contribution in [3.8, 4) is 21.7 Å². The highest BCUT2D eigenvalue weighted by atomic mass is 32.1. The molecule has 0 saturated carbocycles. The molecule has 0 radical (unpaired) electrons. The van der Waals surface area contributed by atoms with Crippen LogP contribution in [-0.4, -0.2) is 40.5 Å². The van der Waals surface area contributed by atoms with E-state index in [-0.39, 0.29) is 5.69 Å². The summed E-state index contributed by atoms with van der Waals surface area (Å²) in [6.07, 6.45) is 4.89. The zero-order chi connectivity index (χ0) is 28.0. The Labute approximate surface area is 235 Å². The van der Waals surface area contributed by atoms with E-state index in [4.69, 9.17) is 4.98 Å². The van der Waals surface area contributed by atoms with Crippen LogP contribution in [0.2, 0.25) is 0 Å². The number of nitrogens with one attached hydrogen (secondary N) is 2. The molecule has 1 saturated heterocycles. The van der Waals surface area contributed by atoms with Gasteiger partial charge in [-0.05, 0) is 93.0 Å². The first-order chi connectivity index (χ1) is 19.3. The molecule has 40 heavy (non-hydrogen) atoms. The van der Waals surface area contributed by atoms with E-state index in [0.29, 0.717) is 5.69 Å². The molecule has 1 fully saturated rings. The number of pyridine rings is 1. The Hall–Kier alpha value is -3.76. The van der Waals surface area contributed by atoms with Crippen LogP contribution in [0.25, 0.3) is 21.7 Å². The van der Waals surface area contributed by atoms with Gasteiger partial charge in [-0.2, -0.15) is 13.2 Å². The standard InChI is InChI=1S/C30H30F3N5OS/c31-30(32,33)23-9-11-24(12-10-23)35-29(39)36-25-7-4-6-22(20-25)28-27(21-13-15-34-16-14-21)37-26(40-28)8-5-19-38-17-2-1-3-18-38/h4,6-7,9-16,20H,1-3,5,8,17-19H2,(H2,35,36,39). The second kappa shape index (κ2) is 12.6. The van der Waals surface area contributed by atoms with E-state index < -0.39 is 17.8 Å². The van der Waals surface area contributed by atoms with Crippen molar-refractivity contribution in [3.63, 3.8) is 0 Å². The molecule has 2 aromatic carbocycles. The van der Waals surface area contributed by atoms with Crippen molar-refractivity contribution < 1.29 is 18.0 Å². The van der Waals surface area contributed by atoms with Gasteiger partial charge in [0.1, 0.15) is 0 Å². The first-order valence-electron chi connectivity index (χ1n) is 13.3. The summed E-state index contributed by atoms with van der Waals surface area (Å²) >= 11 is 1.66. The van der Waals surface area contributed by atoms with E-state index >= 15 is 0 Å². The molecule has 1 aliphatic rings. The van der Waals surface area contributed by atoms with Crippen molar-refractivity contribution in [2.24, 2.45) is 0 Å². The summed E-state index contributed by atoms with van der Waals surface area (Å²) < 4.78 is 38.4. The lowest BCUT2D eigenvalue weighted by molar-refractivity contribution is -0.137. The predicted molar refractivity (Wildman–Crippen MR) is 153 cm³/mol. The van der Waals surface area contributed by atoms with Gasteiger partial charge in [0.15, 0.2) is 0 Å². The van der Waals surface area contributed by atoms with Crippen LogP contribution in [0.1, 0.15) is 36.3 Å². The molecule has 0 bridgehead atoms. The van der Waals surface area contributed by atoms with Crippen LogP contribution in [0, 0.1) is 0 Å². The Bertz CT molecular complexity index is 1420. The van der Waals surface area contributed by atoms with E-state index in [1.165, 1.54) is 44.5 Å². The fourth-order valence-corrected chi connectivity index (χ4v) is 5.91. The number of carbonyl (C=O) groups is 1. The van der Waals surface area contributed by atoms with Gasteiger partial charge in [0.2, 0.25) is 0 Å². The number of urea groups is 1. The Kier molecular flexibility index (Phi) is 8.76. The van der Waals surface area contributed by atoms with E-state index in [1.54, 1.807) is 29.8 Å². The molecule has 2 aromatic heterocycles. The molecule has 5 rings (SSSR count). The topological polar surface area (TPSA) is 70.2 Å². The normalized spacial score (nSPS) is 14.2. The van der Waals surface area contributed by atoms with Crippen LogP contribution in [-0.2, 0) is 12.6 Å². The van der Waals surface area contributed by atoms with Crippen molar-refractivity contribution in [1.29, 1.82) is 0 Å². The van der Waals surface area contributed by atoms with Crippen molar-refractivity contribution in [1.82, 2.24) is 14.9 Å². The quantitative estimate of drug-likeness (QED) is 0.227. The molecule has 3 heterocycles. The fourth-order valence-electron chi connectivity index (χ4n) is 4.78. The second-order valence-electron chi connectivity index (χ2n) is 9.76. The maximum absolute atomic E-state index is 12.8. The number of likely N-dealkylation sites (tertiary alicyclic amines) is 1. The molecule has 208 valence electrons. The van der Waals surface area contributed by atoms with Gasteiger partial charge >= 0.3 is 12.2 Å². The van der Waals surface area contributed by atoms with Crippen LogP contribution in [0.5, 0.6) is 0 Å². The molecule has 2 amide bonds. The average molecular weight is 566 g/mol. The lowest BCUT2D eigenvalue weighted by Gasteiger charge is -2.26. The summed E-state index contributed by atoms with van der Waals surface area (Å²) in [4.78, 5) is 25.3. The third-order valence-corrected chi connectivity index (χ3v) is 7.96. The van der Waals surface area contributed by atoms with Crippen LogP contribution in [0.3, 0.4) is 0 Å². The van der Waals surface area contributed by atoms with Gasteiger partial charge in [0.05, 0.1) is 21.1 Å². The summed E-state index contributed by atoms with van der Waals surface area (Å²) in [5.41, 5.74) is 2.82. The van der Waals surface area contributed by atoms with Gasteiger partial charge in [-0.25, -0.2) is 9.78 Å². The minimum atomic E-state index is -4.43. The molecule has 4 aromatic rings. The highest BCUT2D eigenvalue weighted by Crippen LogP contribution is 2.38. The molecular weight excluding hydrogens is 535 g/mol. The molecule has 0 unspecified atom stereocenters. The van der Waals surface area contributed by atoms with Gasteiger partial charge in [-0.1, -0.05) is 18.6 Å². The minimum absolute atomic E-state index is 0.262. The lowest BCUT2D eigenvalue weighted by atomic mass is 10.1. The number of halogens is 3. The maximum atomic E-state index is 12.8. The van der Waals surface area contributed by atoms with Crippen LogP contribution >= 0.6 is 11.3 Å². The molecule has 6 nitrogen and oxygen atoms in total. The Morgan fingerprint density at radius 3 is 2.35 bits per heavy atom. The van der Waals surface area contributed by atoms with Crippen molar-refractivity contribution in [2.45, 2.75) is 38.3 Å². The highest BCUT2D eigenvalue weighted by Gasteiger charge is 2.30. The number of hydrogen-bond donors (Lipinski definition) is 2. The molecule has 2 N–H and O–H groups in total. The van der Waals surface area contributed by atoms with Gasteiger partial charge < -0.3 is 15.5 Å². The number of rotatable bonds is 8. The van der Waals surface area contributed by atoms with Gasteiger partial charge in [-0.15, -0.1) is 11.3 Å². The number of anilines is 2. The number of amides is 2. The number of aromatic nitrogens is 2. The van der Waals surface area contributed by atoms with Crippen molar-refractivity contribution in [3.05, 3.63) is 83.6 Å². The summed E-state index contributed by atoms with van der Waals surface area (Å²) in [6, 6.07) is 15.1. The molecule has 10 heteroatoms. The Morgan fingerprint density at radius 2 is 1.62 bits per heavy atom. The monoisotopic (exact) mass is 565 g/mol. The zero-order valence-corrected chi connectivity index (χ0v) is 22.7. The number of aryl methyl sites for hydroxylation is 1. The van der Waals surface area contributed by atoms with E-state index in [0.717, 1.165) is 58.2 Å². The number of hydrogen-bond acceptors (Lipinski definition) is 5. The predicted octanol–water partition coefficient (Wildman–Crippen LogP) is 7.95. The lowest BCUT2D eigenvalue weighted by Crippen LogP contribution is -2.30. The van der Waals surface area contributed by atoms with Crippen molar-refractivity contribution in [2.75, 3.05) is 30.3 Å². The highest BCUT2D eigenvalue weighted by molar-refractivity contribution is 7.15. The minimum Gasteiger partial charge on any atom is -0.308 e. The number of piperidine rings is 1. The Morgan fingerprint density at radius 1 is 0.900 bits per heavy atom. The number of carbonyl (C=O) groups excluding carboxylic acids is 1. The summed E-state index contributed by atoms with van der Waals surface area (Å²) in [5.74, 6) is 0. The molecular formula is C30H30F3N5OS. The smallest absolute Gasteiger partial charge is 0.308 e. The van der Waals surface area contributed by atoms with E-state index in [1.807, 2.05) is 30.3 Å². The third-order valence-electron chi connectivity index (χ3n) is 6.79. The number of nitrogens with zero attached hydrogens (tertiary/aromatic N) is 3. The molecule has 0 atom stereocenters. The summed E-state index contributed by atoms with van der Waals surface area (Å²) in [7, 11) is 0. The number of thiazole rings is 1. The Balaban J connectivity index is 1.30. The molecule has 1 aliphatic heterocycles. The third kappa shape index (κ3) is 7.25. The van der Waals surface area contributed by atoms with Gasteiger partial charge in [0.25, 0.3) is 0 Å². The van der Waals surface area contributed by atoms with Crippen LogP contribution < -0.4 is 10.6 Å². The van der Waals surface area contributed by atoms with Crippen LogP contribution in [0.4, 0.5) is 29.3 Å². The van der Waals surface area contributed by atoms with E-state index in [9.17, 15) is 18.0 Å². The number of benzene rings is 2. The zero-order valence-electron chi connectivity index (χ0n) is 21.9. The van der Waals surface area contributed by atoms with Gasteiger partial charge in [-0.3, -0.25) is 4.98 Å². The van der Waals surface area contributed by atoms with Crippen LogP contribution in [0.15, 0.2) is 73.1 Å². The summed E-state index contributed by atoms with van der Waals surface area (Å²) in [5, 5.41) is 6.43. The second-order valence-corrected chi connectivity index (χ2v) is 10.8. The maximum Gasteiger partial charge on any atom is 0.416 e. The first kappa shape index (κ1) is 27.8. The number of alkyl halides is 3.